The predicted octanol–water partition coefficient (Wildman–Crippen LogP) is 4.35. The first-order chi connectivity index (χ1) is 8.39. The van der Waals surface area contributed by atoms with Gasteiger partial charge in [-0.05, 0) is 35.0 Å². The lowest BCUT2D eigenvalue weighted by Gasteiger charge is -2.27. The predicted molar refractivity (Wildman–Crippen MR) is 79.3 cm³/mol. The average molecular weight is 281 g/mol. The van der Waals surface area contributed by atoms with Crippen LogP contribution in [0.4, 0.5) is 0 Å². The molecule has 0 aromatic carbocycles. The minimum atomic E-state index is 0.263. The lowest BCUT2D eigenvalue weighted by Crippen LogP contribution is -2.22. The summed E-state index contributed by atoms with van der Waals surface area (Å²) in [7, 11) is 0. The molecule has 2 rings (SSSR count). The summed E-state index contributed by atoms with van der Waals surface area (Å²) in [5.74, 6) is 1.48. The van der Waals surface area contributed by atoms with Gasteiger partial charge in [0.05, 0.1) is 4.88 Å². The number of rotatable bonds is 3. The highest BCUT2D eigenvalue weighted by Gasteiger charge is 2.22. The van der Waals surface area contributed by atoms with E-state index >= 15 is 0 Å². The van der Waals surface area contributed by atoms with Crippen LogP contribution in [-0.4, -0.2) is 14.8 Å². The van der Waals surface area contributed by atoms with Crippen molar-refractivity contribution in [2.24, 2.45) is 11.3 Å². The van der Waals surface area contributed by atoms with Gasteiger partial charge in [-0.1, -0.05) is 33.8 Å². The maximum absolute atomic E-state index is 5.34. The van der Waals surface area contributed by atoms with E-state index in [9.17, 15) is 0 Å². The fourth-order valence-corrected chi connectivity index (χ4v) is 2.56. The van der Waals surface area contributed by atoms with Gasteiger partial charge >= 0.3 is 0 Å². The molecule has 0 saturated heterocycles. The van der Waals surface area contributed by atoms with E-state index in [0.717, 1.165) is 17.2 Å². The Morgan fingerprint density at radius 1 is 1.50 bits per heavy atom. The molecule has 0 spiro atoms. The van der Waals surface area contributed by atoms with Gasteiger partial charge in [-0.25, -0.2) is 0 Å². The van der Waals surface area contributed by atoms with E-state index in [-0.39, 0.29) is 5.41 Å². The molecule has 18 heavy (non-hydrogen) atoms. The highest BCUT2D eigenvalue weighted by molar-refractivity contribution is 7.71. The Balaban J connectivity index is 2.34. The number of nitrogens with one attached hydrogen (secondary N) is 1. The van der Waals surface area contributed by atoms with Crippen LogP contribution in [0.2, 0.25) is 0 Å². The van der Waals surface area contributed by atoms with Crippen molar-refractivity contribution in [3.05, 3.63) is 22.3 Å². The smallest absolute Gasteiger partial charge is 0.195 e. The number of nitrogens with zero attached hydrogens (tertiary/aromatic N) is 2. The molecule has 0 fully saturated rings. The summed E-state index contributed by atoms with van der Waals surface area (Å²) < 4.78 is 2.81. The molecule has 2 aromatic rings. The van der Waals surface area contributed by atoms with Gasteiger partial charge in [-0.2, -0.15) is 5.10 Å². The largest absolute Gasteiger partial charge is 0.299 e. The Bertz CT molecular complexity index is 558. The van der Waals surface area contributed by atoms with Crippen molar-refractivity contribution in [2.45, 2.75) is 34.2 Å². The van der Waals surface area contributed by atoms with Crippen molar-refractivity contribution < 1.29 is 0 Å². The van der Waals surface area contributed by atoms with Gasteiger partial charge in [-0.15, -0.1) is 11.3 Å². The van der Waals surface area contributed by atoms with Crippen molar-refractivity contribution in [1.29, 1.82) is 0 Å². The van der Waals surface area contributed by atoms with Crippen molar-refractivity contribution >= 4 is 23.6 Å². The molecule has 5 heteroatoms. The highest BCUT2D eigenvalue weighted by atomic mass is 32.1. The van der Waals surface area contributed by atoms with Gasteiger partial charge < -0.3 is 0 Å². The number of hydrogen-bond donors (Lipinski definition) is 1. The van der Waals surface area contributed by atoms with Crippen molar-refractivity contribution in [3.8, 4) is 10.7 Å². The van der Waals surface area contributed by atoms with Gasteiger partial charge in [0.15, 0.2) is 10.6 Å². The third kappa shape index (κ3) is 2.72. The summed E-state index contributed by atoms with van der Waals surface area (Å²) in [6.45, 7) is 9.92. The third-order valence-electron chi connectivity index (χ3n) is 3.43. The average Bonchev–Trinajstić information content (AvgIpc) is 2.88. The first kappa shape index (κ1) is 13.5. The second kappa shape index (κ2) is 4.97. The SMILES string of the molecule is CC(Cn1c(-c2cccs2)n[nH]c1=S)C(C)(C)C. The minimum Gasteiger partial charge on any atom is -0.299 e. The number of thiophene rings is 1. The zero-order chi connectivity index (χ0) is 13.3. The van der Waals surface area contributed by atoms with Gasteiger partial charge in [-0.3, -0.25) is 9.67 Å². The topological polar surface area (TPSA) is 33.6 Å². The summed E-state index contributed by atoms with van der Waals surface area (Å²) in [5, 5.41) is 9.31. The van der Waals surface area contributed by atoms with E-state index in [1.54, 1.807) is 11.3 Å². The molecule has 1 unspecified atom stereocenters. The van der Waals surface area contributed by atoms with E-state index in [1.807, 2.05) is 6.07 Å². The van der Waals surface area contributed by atoms with E-state index < -0.39 is 0 Å². The summed E-state index contributed by atoms with van der Waals surface area (Å²) in [4.78, 5) is 1.16. The highest BCUT2D eigenvalue weighted by Crippen LogP contribution is 2.29. The van der Waals surface area contributed by atoms with Crippen LogP contribution in [0.25, 0.3) is 10.7 Å². The molecule has 2 aromatic heterocycles. The number of hydrogen-bond acceptors (Lipinski definition) is 3. The standard InChI is InChI=1S/C13H19N3S2/c1-9(13(2,3)4)8-16-11(14-15-12(16)17)10-6-5-7-18-10/h5-7,9H,8H2,1-4H3,(H,15,17). The first-order valence-corrected chi connectivity index (χ1v) is 7.37. The summed E-state index contributed by atoms with van der Waals surface area (Å²) in [6.07, 6.45) is 0. The Labute approximate surface area is 117 Å². The zero-order valence-electron chi connectivity index (χ0n) is 11.2. The molecule has 0 aliphatic heterocycles. The fraction of sp³-hybridized carbons (Fsp3) is 0.538. The van der Waals surface area contributed by atoms with Crippen LogP contribution in [0.3, 0.4) is 0 Å². The molecule has 0 amide bonds. The maximum Gasteiger partial charge on any atom is 0.195 e. The number of H-pyrrole nitrogens is 1. The van der Waals surface area contributed by atoms with E-state index in [4.69, 9.17) is 12.2 Å². The van der Waals surface area contributed by atoms with Crippen LogP contribution in [0.15, 0.2) is 17.5 Å². The minimum absolute atomic E-state index is 0.263. The van der Waals surface area contributed by atoms with Crippen LogP contribution in [0.1, 0.15) is 27.7 Å². The molecule has 0 aliphatic rings. The molecular formula is C13H19N3S2. The maximum atomic E-state index is 5.34. The van der Waals surface area contributed by atoms with Crippen molar-refractivity contribution in [3.63, 3.8) is 0 Å². The van der Waals surface area contributed by atoms with Gasteiger partial charge in [0, 0.05) is 6.54 Å². The molecule has 0 bridgehead atoms. The van der Waals surface area contributed by atoms with E-state index in [0.29, 0.717) is 10.7 Å². The fourth-order valence-electron chi connectivity index (χ4n) is 1.63. The quantitative estimate of drug-likeness (QED) is 0.848. The Hall–Kier alpha value is -0.940. The molecule has 0 saturated carbocycles. The Morgan fingerprint density at radius 3 is 2.78 bits per heavy atom. The molecule has 1 N–H and O–H groups in total. The normalized spacial score (nSPS) is 13.8. The monoisotopic (exact) mass is 281 g/mol. The molecule has 0 radical (unpaired) electrons. The van der Waals surface area contributed by atoms with Crippen LogP contribution < -0.4 is 0 Å². The second-order valence-electron chi connectivity index (χ2n) is 5.71. The number of aromatic nitrogens is 3. The molecular weight excluding hydrogens is 262 g/mol. The van der Waals surface area contributed by atoms with Crippen LogP contribution in [0.5, 0.6) is 0 Å². The Kier molecular flexibility index (Phi) is 3.73. The summed E-state index contributed by atoms with van der Waals surface area (Å²) in [6, 6.07) is 4.11. The summed E-state index contributed by atoms with van der Waals surface area (Å²) in [5.41, 5.74) is 0.263. The Morgan fingerprint density at radius 2 is 2.22 bits per heavy atom. The lowest BCUT2D eigenvalue weighted by molar-refractivity contribution is 0.233. The van der Waals surface area contributed by atoms with E-state index in [1.165, 1.54) is 0 Å². The van der Waals surface area contributed by atoms with Crippen LogP contribution in [-0.2, 0) is 6.54 Å². The van der Waals surface area contributed by atoms with E-state index in [2.05, 4.69) is 53.9 Å². The molecule has 2 heterocycles. The number of aromatic amines is 1. The molecule has 3 nitrogen and oxygen atoms in total. The van der Waals surface area contributed by atoms with Crippen LogP contribution in [0, 0.1) is 16.1 Å². The van der Waals surface area contributed by atoms with Gasteiger partial charge in [0.1, 0.15) is 0 Å². The molecule has 0 aliphatic carbocycles. The molecule has 98 valence electrons. The van der Waals surface area contributed by atoms with Gasteiger partial charge in [0.2, 0.25) is 0 Å². The third-order valence-corrected chi connectivity index (χ3v) is 4.61. The lowest BCUT2D eigenvalue weighted by atomic mass is 9.82. The van der Waals surface area contributed by atoms with Crippen molar-refractivity contribution in [1.82, 2.24) is 14.8 Å². The first-order valence-electron chi connectivity index (χ1n) is 6.08. The zero-order valence-corrected chi connectivity index (χ0v) is 12.9. The second-order valence-corrected chi connectivity index (χ2v) is 7.04. The van der Waals surface area contributed by atoms with Crippen LogP contribution >= 0.6 is 23.6 Å². The summed E-state index contributed by atoms with van der Waals surface area (Å²) >= 11 is 7.03. The van der Waals surface area contributed by atoms with Gasteiger partial charge in [0.25, 0.3) is 0 Å². The molecule has 1 atom stereocenters. The van der Waals surface area contributed by atoms with Crippen molar-refractivity contribution in [2.75, 3.05) is 0 Å².